The Balaban J connectivity index is 0. The molecule has 0 aromatic carbocycles. The van der Waals surface area contributed by atoms with E-state index in [1.807, 2.05) is 0 Å². The van der Waals surface area contributed by atoms with Gasteiger partial charge in [-0.05, 0) is 0 Å². The van der Waals surface area contributed by atoms with Crippen LogP contribution in [0.15, 0.2) is 0 Å². The van der Waals surface area contributed by atoms with Crippen LogP contribution in [0.5, 0.6) is 0 Å². The minimum absolute atomic E-state index is 0.167. The van der Waals surface area contributed by atoms with Gasteiger partial charge in [-0.25, -0.2) is 8.42 Å². The van der Waals surface area contributed by atoms with Crippen LogP contribution in [-0.2, 0) is 14.6 Å². The van der Waals surface area contributed by atoms with Crippen molar-refractivity contribution >= 4 is 10.4 Å². The summed E-state index contributed by atoms with van der Waals surface area (Å²) in [6, 6.07) is 0. The average molecular weight is 275 g/mol. The Morgan fingerprint density at radius 2 is 1.24 bits per heavy atom. The fourth-order valence-electron chi connectivity index (χ4n) is 0.937. The van der Waals surface area contributed by atoms with E-state index in [1.54, 1.807) is 27.8 Å². The fourth-order valence-corrected chi connectivity index (χ4v) is 0.937. The molecule has 3 atom stereocenters. The van der Waals surface area contributed by atoms with Gasteiger partial charge in [-0.2, -0.15) is 0 Å². The number of hydrogen-bond donors (Lipinski definition) is 3. The van der Waals surface area contributed by atoms with Gasteiger partial charge in [0.2, 0.25) is 10.4 Å². The van der Waals surface area contributed by atoms with Crippen molar-refractivity contribution in [1.82, 2.24) is 0 Å². The number of nitrogens with zero attached hydrogens (tertiary/aromatic N) is 1. The molecule has 0 saturated heterocycles. The summed E-state index contributed by atoms with van der Waals surface area (Å²) in [5.41, 5.74) is 0. The first-order valence-corrected chi connectivity index (χ1v) is 6.14. The van der Waals surface area contributed by atoms with E-state index in [2.05, 4.69) is 4.18 Å². The minimum atomic E-state index is -4.41. The lowest BCUT2D eigenvalue weighted by Gasteiger charge is -2.41. The Bertz CT molecular complexity index is 277. The van der Waals surface area contributed by atoms with Gasteiger partial charge in [0, 0.05) is 20.8 Å². The molecule has 0 bridgehead atoms. The summed E-state index contributed by atoms with van der Waals surface area (Å²) in [6.45, 7) is 4.62. The van der Waals surface area contributed by atoms with Crippen LogP contribution in [0.25, 0.3) is 0 Å². The van der Waals surface area contributed by atoms with Crippen molar-refractivity contribution in [2.75, 3.05) is 14.2 Å². The molecule has 17 heavy (non-hydrogen) atoms. The molecule has 0 aromatic heterocycles. The number of aliphatic hydroxyl groups excluding tert-OH is 3. The highest BCUT2D eigenvalue weighted by Gasteiger charge is 2.37. The van der Waals surface area contributed by atoms with Gasteiger partial charge < -0.3 is 19.9 Å². The highest BCUT2D eigenvalue weighted by atomic mass is 32.3. The SMILES string of the molecule is CC(O)[N+](C)(C(C)O)C(C)O.COS(=O)(=O)[O-]. The Morgan fingerprint density at radius 3 is 1.24 bits per heavy atom. The molecule has 0 amide bonds. The molecule has 106 valence electrons. The zero-order valence-electron chi connectivity index (χ0n) is 10.6. The van der Waals surface area contributed by atoms with Crippen molar-refractivity contribution in [3.63, 3.8) is 0 Å². The van der Waals surface area contributed by atoms with Gasteiger partial charge in [0.05, 0.1) is 14.2 Å². The van der Waals surface area contributed by atoms with Gasteiger partial charge >= 0.3 is 0 Å². The highest BCUT2D eigenvalue weighted by Crippen LogP contribution is 2.16. The molecule has 0 aromatic rings. The summed E-state index contributed by atoms with van der Waals surface area (Å²) in [5.74, 6) is 0. The van der Waals surface area contributed by atoms with E-state index in [-0.39, 0.29) is 4.48 Å². The van der Waals surface area contributed by atoms with Crippen molar-refractivity contribution in [3.8, 4) is 0 Å². The summed E-state index contributed by atoms with van der Waals surface area (Å²) < 4.78 is 30.9. The summed E-state index contributed by atoms with van der Waals surface area (Å²) in [7, 11) is -2.01. The van der Waals surface area contributed by atoms with E-state index in [4.69, 9.17) is 0 Å². The van der Waals surface area contributed by atoms with Crippen LogP contribution in [-0.4, -0.2) is 65.6 Å². The van der Waals surface area contributed by atoms with Crippen LogP contribution < -0.4 is 0 Å². The Morgan fingerprint density at radius 1 is 1.06 bits per heavy atom. The van der Waals surface area contributed by atoms with Crippen molar-refractivity contribution in [2.45, 2.75) is 39.5 Å². The third kappa shape index (κ3) is 6.88. The Hall–Kier alpha value is -0.290. The third-order valence-corrected chi connectivity index (χ3v) is 3.03. The predicted octanol–water partition coefficient (Wildman–Crippen LogP) is -1.46. The van der Waals surface area contributed by atoms with E-state index >= 15 is 0 Å². The number of aliphatic hydroxyl groups is 3. The largest absolute Gasteiger partial charge is 0.726 e. The molecule has 3 unspecified atom stereocenters. The molecule has 0 spiro atoms. The van der Waals surface area contributed by atoms with Gasteiger partial charge in [0.1, 0.15) is 0 Å². The first-order valence-electron chi connectivity index (χ1n) is 4.80. The van der Waals surface area contributed by atoms with Crippen LogP contribution >= 0.6 is 0 Å². The zero-order chi connectivity index (χ0) is 14.4. The summed E-state index contributed by atoms with van der Waals surface area (Å²) >= 11 is 0. The second-order valence-corrected chi connectivity index (χ2v) is 4.84. The summed E-state index contributed by atoms with van der Waals surface area (Å²) in [6.07, 6.45) is -2.35. The van der Waals surface area contributed by atoms with Crippen LogP contribution in [0.3, 0.4) is 0 Å². The van der Waals surface area contributed by atoms with Crippen molar-refractivity contribution in [3.05, 3.63) is 0 Å². The maximum atomic E-state index is 9.26. The van der Waals surface area contributed by atoms with Gasteiger partial charge in [0.25, 0.3) is 0 Å². The summed E-state index contributed by atoms with van der Waals surface area (Å²) in [4.78, 5) is 0. The third-order valence-electron chi connectivity index (χ3n) is 2.62. The number of rotatable bonds is 4. The Kier molecular flexibility index (Phi) is 8.09. The monoisotopic (exact) mass is 275 g/mol. The molecule has 0 aliphatic rings. The van der Waals surface area contributed by atoms with Gasteiger partial charge in [0.15, 0.2) is 18.7 Å². The standard InChI is InChI=1S/C7H18NO3.CH4O4S/c1-5(9)8(4,6(2)10)7(3)11;1-5-6(2,3)4/h5-7,9-11H,1-4H3;1H3,(H,2,3,4)/q+1;/p-1. The molecule has 0 rings (SSSR count). The first kappa shape index (κ1) is 19.1. The highest BCUT2D eigenvalue weighted by molar-refractivity contribution is 7.80. The van der Waals surface area contributed by atoms with Crippen LogP contribution in [0.1, 0.15) is 20.8 Å². The Labute approximate surface area is 102 Å². The average Bonchev–Trinajstić information content (AvgIpc) is 2.15. The lowest BCUT2D eigenvalue weighted by molar-refractivity contribution is -1.03. The van der Waals surface area contributed by atoms with Crippen molar-refractivity contribution in [2.24, 2.45) is 0 Å². The van der Waals surface area contributed by atoms with Gasteiger partial charge in [-0.1, -0.05) is 0 Å². The topological polar surface area (TPSA) is 127 Å². The van der Waals surface area contributed by atoms with E-state index in [0.29, 0.717) is 0 Å². The number of hydrogen-bond acceptors (Lipinski definition) is 7. The van der Waals surface area contributed by atoms with E-state index in [9.17, 15) is 28.3 Å². The van der Waals surface area contributed by atoms with Gasteiger partial charge in [-0.15, -0.1) is 0 Å². The molecule has 0 radical (unpaired) electrons. The maximum Gasteiger partial charge on any atom is 0.217 e. The molecule has 0 heterocycles. The maximum absolute atomic E-state index is 9.26. The molecule has 3 N–H and O–H groups in total. The van der Waals surface area contributed by atoms with Crippen LogP contribution in [0, 0.1) is 0 Å². The van der Waals surface area contributed by atoms with Crippen molar-refractivity contribution < 1.29 is 37.0 Å². The second kappa shape index (κ2) is 7.21. The van der Waals surface area contributed by atoms with E-state index < -0.39 is 29.1 Å². The number of quaternary nitrogens is 1. The molecule has 8 nitrogen and oxygen atoms in total. The van der Waals surface area contributed by atoms with Crippen LogP contribution in [0.2, 0.25) is 0 Å². The molecule has 0 fully saturated rings. The quantitative estimate of drug-likeness (QED) is 0.248. The predicted molar refractivity (Wildman–Crippen MR) is 57.9 cm³/mol. The first-order chi connectivity index (χ1) is 7.39. The van der Waals surface area contributed by atoms with E-state index in [1.165, 1.54) is 0 Å². The normalized spacial score (nSPS) is 20.5. The van der Waals surface area contributed by atoms with Crippen molar-refractivity contribution in [1.29, 1.82) is 0 Å². The second-order valence-electron chi connectivity index (χ2n) is 3.69. The molecule has 0 saturated carbocycles. The zero-order valence-corrected chi connectivity index (χ0v) is 11.4. The van der Waals surface area contributed by atoms with E-state index in [0.717, 1.165) is 7.11 Å². The molecule has 0 aliphatic carbocycles. The molecule has 9 heteroatoms. The van der Waals surface area contributed by atoms with Crippen LogP contribution in [0.4, 0.5) is 0 Å². The molecular weight excluding hydrogens is 254 g/mol. The lowest BCUT2D eigenvalue weighted by Crippen LogP contribution is -2.61. The minimum Gasteiger partial charge on any atom is -0.726 e. The smallest absolute Gasteiger partial charge is 0.217 e. The summed E-state index contributed by atoms with van der Waals surface area (Å²) in [5, 5.41) is 27.8. The fraction of sp³-hybridized carbons (Fsp3) is 1.00. The van der Waals surface area contributed by atoms with Gasteiger partial charge in [-0.3, -0.25) is 8.67 Å². The molecular formula is C8H21NO7S. The molecule has 0 aliphatic heterocycles. The lowest BCUT2D eigenvalue weighted by atomic mass is 10.3.